The van der Waals surface area contributed by atoms with Gasteiger partial charge >= 0.3 is 5.97 Å². The fraction of sp³-hybridized carbons (Fsp3) is 0.385. The fourth-order valence-corrected chi connectivity index (χ4v) is 1.65. The Morgan fingerprint density at radius 3 is 2.59 bits per heavy atom. The number of unbranched alkanes of at least 4 members (excludes halogenated alkanes) is 1. The van der Waals surface area contributed by atoms with Crippen LogP contribution < -0.4 is 5.32 Å². The lowest BCUT2D eigenvalue weighted by atomic mass is 10.0. The van der Waals surface area contributed by atoms with Gasteiger partial charge in [0.1, 0.15) is 0 Å². The molecule has 1 rings (SSSR count). The second kappa shape index (κ2) is 6.68. The molecule has 0 spiro atoms. The third-order valence-electron chi connectivity index (χ3n) is 2.49. The van der Waals surface area contributed by atoms with Gasteiger partial charge in [-0.1, -0.05) is 18.2 Å². The number of hydrogen-bond donors (Lipinski definition) is 2. The summed E-state index contributed by atoms with van der Waals surface area (Å²) in [5.74, 6) is -0.918. The van der Waals surface area contributed by atoms with Gasteiger partial charge in [0.25, 0.3) is 0 Å². The Balaban J connectivity index is 2.41. The van der Waals surface area contributed by atoms with Crippen molar-refractivity contribution in [3.8, 4) is 0 Å². The minimum Gasteiger partial charge on any atom is -0.478 e. The van der Waals surface area contributed by atoms with Crippen LogP contribution in [0.25, 0.3) is 0 Å². The third kappa shape index (κ3) is 4.68. The molecule has 4 heteroatoms. The first-order chi connectivity index (χ1) is 8.11. The molecule has 0 aromatic heterocycles. The smallest absolute Gasteiger partial charge is 0.335 e. The molecule has 0 saturated heterocycles. The minimum atomic E-state index is -0.887. The van der Waals surface area contributed by atoms with Gasteiger partial charge in [-0.3, -0.25) is 4.79 Å². The highest BCUT2D eigenvalue weighted by molar-refractivity contribution is 5.89. The van der Waals surface area contributed by atoms with Gasteiger partial charge in [-0.2, -0.15) is 0 Å². The Morgan fingerprint density at radius 1 is 1.24 bits per heavy atom. The lowest BCUT2D eigenvalue weighted by Gasteiger charge is -2.06. The highest BCUT2D eigenvalue weighted by atomic mass is 16.4. The van der Waals surface area contributed by atoms with Crippen molar-refractivity contribution in [1.82, 2.24) is 5.32 Å². The molecular weight excluding hydrogens is 218 g/mol. The summed E-state index contributed by atoms with van der Waals surface area (Å²) in [5, 5.41) is 11.7. The lowest BCUT2D eigenvalue weighted by molar-refractivity contribution is -0.118. The van der Waals surface area contributed by atoms with E-state index >= 15 is 0 Å². The lowest BCUT2D eigenvalue weighted by Crippen LogP contribution is -2.20. The molecule has 1 amide bonds. The van der Waals surface area contributed by atoms with Crippen LogP contribution in [-0.4, -0.2) is 23.5 Å². The Bertz CT molecular complexity index is 401. The summed E-state index contributed by atoms with van der Waals surface area (Å²) in [7, 11) is 0. The van der Waals surface area contributed by atoms with Crippen LogP contribution in [0.5, 0.6) is 0 Å². The van der Waals surface area contributed by atoms with Crippen LogP contribution in [0.4, 0.5) is 0 Å². The van der Waals surface area contributed by atoms with E-state index < -0.39 is 5.97 Å². The third-order valence-corrected chi connectivity index (χ3v) is 2.49. The van der Waals surface area contributed by atoms with Crippen LogP contribution in [-0.2, 0) is 11.2 Å². The second-order valence-electron chi connectivity index (χ2n) is 3.90. The molecule has 2 N–H and O–H groups in total. The van der Waals surface area contributed by atoms with Crippen molar-refractivity contribution >= 4 is 11.9 Å². The number of carbonyl (C=O) groups excluding carboxylic acids is 1. The van der Waals surface area contributed by atoms with Crippen LogP contribution in [0.15, 0.2) is 24.3 Å². The Kier molecular flexibility index (Phi) is 5.20. The van der Waals surface area contributed by atoms with Crippen LogP contribution in [0, 0.1) is 0 Å². The van der Waals surface area contributed by atoms with Gasteiger partial charge in [0.2, 0.25) is 5.91 Å². The first-order valence-electron chi connectivity index (χ1n) is 5.67. The van der Waals surface area contributed by atoms with E-state index in [1.54, 1.807) is 12.1 Å². The van der Waals surface area contributed by atoms with E-state index in [1.165, 1.54) is 6.92 Å². The molecule has 0 aliphatic carbocycles. The van der Waals surface area contributed by atoms with Crippen molar-refractivity contribution in [1.29, 1.82) is 0 Å². The molecular formula is C13H17NO3. The highest BCUT2D eigenvalue weighted by Crippen LogP contribution is 2.11. The van der Waals surface area contributed by atoms with Crippen LogP contribution in [0.2, 0.25) is 0 Å². The van der Waals surface area contributed by atoms with Crippen molar-refractivity contribution in [2.45, 2.75) is 26.2 Å². The van der Waals surface area contributed by atoms with E-state index in [0.717, 1.165) is 24.8 Å². The van der Waals surface area contributed by atoms with Crippen LogP contribution >= 0.6 is 0 Å². The number of hydrogen-bond acceptors (Lipinski definition) is 2. The first kappa shape index (κ1) is 13.2. The molecule has 1 aromatic rings. The van der Waals surface area contributed by atoms with Gasteiger partial charge in [-0.05, 0) is 30.9 Å². The van der Waals surface area contributed by atoms with Gasteiger partial charge in [0, 0.05) is 13.5 Å². The molecule has 0 heterocycles. The maximum Gasteiger partial charge on any atom is 0.335 e. The van der Waals surface area contributed by atoms with Crippen molar-refractivity contribution in [2.75, 3.05) is 6.54 Å². The number of benzene rings is 1. The predicted octanol–water partition coefficient (Wildman–Crippen LogP) is 1.84. The SMILES string of the molecule is CC(=O)NCCCCc1ccccc1C(=O)O. The van der Waals surface area contributed by atoms with E-state index in [0.29, 0.717) is 12.1 Å². The molecule has 0 aliphatic heterocycles. The second-order valence-corrected chi connectivity index (χ2v) is 3.90. The summed E-state index contributed by atoms with van der Waals surface area (Å²) < 4.78 is 0. The standard InChI is InChI=1S/C13H17NO3/c1-10(15)14-9-5-4-7-11-6-2-3-8-12(11)13(16)17/h2-3,6,8H,4-5,7,9H2,1H3,(H,14,15)(H,16,17). The molecule has 0 saturated carbocycles. The molecule has 0 radical (unpaired) electrons. The molecule has 0 atom stereocenters. The number of amides is 1. The number of carbonyl (C=O) groups is 2. The number of carboxylic acid groups (broad SMARTS) is 1. The zero-order chi connectivity index (χ0) is 12.7. The molecule has 0 unspecified atom stereocenters. The Morgan fingerprint density at radius 2 is 1.94 bits per heavy atom. The average molecular weight is 235 g/mol. The van der Waals surface area contributed by atoms with E-state index in [2.05, 4.69) is 5.32 Å². The summed E-state index contributed by atoms with van der Waals surface area (Å²) in [4.78, 5) is 21.6. The normalized spacial score (nSPS) is 9.94. The first-order valence-corrected chi connectivity index (χ1v) is 5.67. The van der Waals surface area contributed by atoms with E-state index in [9.17, 15) is 9.59 Å². The van der Waals surface area contributed by atoms with E-state index in [4.69, 9.17) is 5.11 Å². The minimum absolute atomic E-state index is 0.0315. The summed E-state index contributed by atoms with van der Waals surface area (Å²) >= 11 is 0. The topological polar surface area (TPSA) is 66.4 Å². The monoisotopic (exact) mass is 235 g/mol. The van der Waals surface area contributed by atoms with Crippen molar-refractivity contribution < 1.29 is 14.7 Å². The maximum atomic E-state index is 10.9. The molecule has 17 heavy (non-hydrogen) atoms. The Hall–Kier alpha value is -1.84. The Labute approximate surface area is 101 Å². The highest BCUT2D eigenvalue weighted by Gasteiger charge is 2.07. The number of rotatable bonds is 6. The molecule has 4 nitrogen and oxygen atoms in total. The van der Waals surface area contributed by atoms with Gasteiger partial charge in [0.05, 0.1) is 5.56 Å². The van der Waals surface area contributed by atoms with Crippen LogP contribution in [0.1, 0.15) is 35.7 Å². The molecule has 0 aliphatic rings. The maximum absolute atomic E-state index is 10.9. The zero-order valence-electron chi connectivity index (χ0n) is 9.90. The van der Waals surface area contributed by atoms with Crippen molar-refractivity contribution in [3.63, 3.8) is 0 Å². The quantitative estimate of drug-likeness (QED) is 0.739. The number of nitrogens with one attached hydrogen (secondary N) is 1. The van der Waals surface area contributed by atoms with Gasteiger partial charge in [-0.15, -0.1) is 0 Å². The van der Waals surface area contributed by atoms with Gasteiger partial charge in [-0.25, -0.2) is 4.79 Å². The van der Waals surface area contributed by atoms with Crippen molar-refractivity contribution in [2.24, 2.45) is 0 Å². The fourth-order valence-electron chi connectivity index (χ4n) is 1.65. The van der Waals surface area contributed by atoms with E-state index in [-0.39, 0.29) is 5.91 Å². The summed E-state index contributed by atoms with van der Waals surface area (Å²) in [6.07, 6.45) is 2.44. The predicted molar refractivity (Wildman–Crippen MR) is 65.0 cm³/mol. The van der Waals surface area contributed by atoms with Gasteiger partial charge < -0.3 is 10.4 Å². The number of aromatic carboxylic acids is 1. The molecule has 0 fully saturated rings. The number of aryl methyl sites for hydroxylation is 1. The van der Waals surface area contributed by atoms with Gasteiger partial charge in [0.15, 0.2) is 0 Å². The summed E-state index contributed by atoms with van der Waals surface area (Å²) in [6, 6.07) is 7.02. The van der Waals surface area contributed by atoms with Crippen LogP contribution in [0.3, 0.4) is 0 Å². The number of carboxylic acids is 1. The molecule has 92 valence electrons. The van der Waals surface area contributed by atoms with Crippen molar-refractivity contribution in [3.05, 3.63) is 35.4 Å². The molecule has 1 aromatic carbocycles. The average Bonchev–Trinajstić information content (AvgIpc) is 2.28. The summed E-state index contributed by atoms with van der Waals surface area (Å²) in [5.41, 5.74) is 1.22. The largest absolute Gasteiger partial charge is 0.478 e. The summed E-state index contributed by atoms with van der Waals surface area (Å²) in [6.45, 7) is 2.13. The van der Waals surface area contributed by atoms with E-state index in [1.807, 2.05) is 12.1 Å². The molecule has 0 bridgehead atoms. The zero-order valence-corrected chi connectivity index (χ0v) is 9.90.